The largest absolute Gasteiger partial charge is 0.755 e. The van der Waals surface area contributed by atoms with Gasteiger partial charge in [0, 0.05) is 60.5 Å². The van der Waals surface area contributed by atoms with Crippen molar-refractivity contribution in [3.63, 3.8) is 0 Å². The van der Waals surface area contributed by atoms with E-state index in [1.807, 2.05) is 80.3 Å². The summed E-state index contributed by atoms with van der Waals surface area (Å²) in [6.07, 6.45) is 5.38. The van der Waals surface area contributed by atoms with Gasteiger partial charge < -0.3 is 29.1 Å². The zero-order chi connectivity index (χ0) is 41.1. The molecule has 4 amide bonds. The average Bonchev–Trinajstić information content (AvgIpc) is 4.00. The van der Waals surface area contributed by atoms with Crippen LogP contribution in [0.15, 0.2) is 67.3 Å². The first-order chi connectivity index (χ1) is 27.7. The van der Waals surface area contributed by atoms with Crippen molar-refractivity contribution in [3.05, 3.63) is 67.3 Å². The normalized spacial score (nSPS) is 27.2. The lowest BCUT2D eigenvalue weighted by atomic mass is 9.77. The lowest BCUT2D eigenvalue weighted by molar-refractivity contribution is -0.149. The second-order valence-electron chi connectivity index (χ2n) is 17.8. The summed E-state index contributed by atoms with van der Waals surface area (Å²) in [5, 5.41) is 3.64. The smallest absolute Gasteiger partial charge is 0.260 e. The highest BCUT2D eigenvalue weighted by atomic mass is 32.2. The molecular weight excluding hydrogens is 759 g/mol. The quantitative estimate of drug-likeness (QED) is 0.182. The summed E-state index contributed by atoms with van der Waals surface area (Å²) in [4.78, 5) is 65.9. The Morgan fingerprint density at radius 1 is 1.05 bits per heavy atom. The number of ether oxygens (including phenoxy) is 2. The molecular formula is C44H52N5O8S-. The molecule has 0 spiro atoms. The van der Waals surface area contributed by atoms with E-state index in [1.54, 1.807) is 13.2 Å². The number of carbonyl (C=O) groups excluding carboxylic acids is 4. The van der Waals surface area contributed by atoms with E-state index < -0.39 is 64.1 Å². The van der Waals surface area contributed by atoms with Crippen LogP contribution < -0.4 is 14.8 Å². The molecule has 2 saturated heterocycles. The van der Waals surface area contributed by atoms with Gasteiger partial charge in [-0.15, -0.1) is 6.58 Å². The van der Waals surface area contributed by atoms with Gasteiger partial charge >= 0.3 is 0 Å². The minimum absolute atomic E-state index is 0.00576. The van der Waals surface area contributed by atoms with Crippen LogP contribution in [0.4, 0.5) is 0 Å². The summed E-state index contributed by atoms with van der Waals surface area (Å²) in [6.45, 7) is 10.4. The maximum Gasteiger partial charge on any atom is 0.260 e. The summed E-state index contributed by atoms with van der Waals surface area (Å²) >= 11 is -2.82. The van der Waals surface area contributed by atoms with Crippen molar-refractivity contribution in [2.45, 2.75) is 102 Å². The third-order valence-corrected chi connectivity index (χ3v) is 13.7. The summed E-state index contributed by atoms with van der Waals surface area (Å²) in [6, 6.07) is 15.7. The molecule has 3 unspecified atom stereocenters. The van der Waals surface area contributed by atoms with Crippen LogP contribution in [0, 0.1) is 23.2 Å². The minimum atomic E-state index is -2.82. The Morgan fingerprint density at radius 3 is 2.41 bits per heavy atom. The van der Waals surface area contributed by atoms with Crippen LogP contribution in [0.25, 0.3) is 22.2 Å². The molecule has 14 heteroatoms. The van der Waals surface area contributed by atoms with Crippen molar-refractivity contribution < 1.29 is 37.4 Å². The number of nitrogens with zero attached hydrogens (tertiary/aromatic N) is 4. The van der Waals surface area contributed by atoms with Gasteiger partial charge in [-0.05, 0) is 62.0 Å². The van der Waals surface area contributed by atoms with Crippen LogP contribution in [0.5, 0.6) is 11.5 Å². The summed E-state index contributed by atoms with van der Waals surface area (Å²) in [7, 11) is 1.59. The topological polar surface area (TPSA) is 162 Å². The zero-order valence-electron chi connectivity index (χ0n) is 33.6. The van der Waals surface area contributed by atoms with E-state index >= 15 is 0 Å². The van der Waals surface area contributed by atoms with Crippen molar-refractivity contribution in [2.24, 2.45) is 23.2 Å². The Kier molecular flexibility index (Phi) is 10.6. The first-order valence-electron chi connectivity index (χ1n) is 20.4. The fraction of sp³-hybridized carbons (Fsp3) is 0.523. The lowest BCUT2D eigenvalue weighted by Crippen LogP contribution is -2.57. The van der Waals surface area contributed by atoms with Gasteiger partial charge in [0.1, 0.15) is 29.2 Å². The molecule has 1 aromatic heterocycles. The summed E-state index contributed by atoms with van der Waals surface area (Å²) in [5.74, 6) is -1.29. The van der Waals surface area contributed by atoms with Crippen molar-refractivity contribution in [2.75, 3.05) is 20.2 Å². The number of aromatic nitrogens is 1. The van der Waals surface area contributed by atoms with Gasteiger partial charge in [-0.25, -0.2) is 4.98 Å². The van der Waals surface area contributed by atoms with Gasteiger partial charge in [0.15, 0.2) is 0 Å². The highest BCUT2D eigenvalue weighted by Crippen LogP contribution is 2.48. The first-order valence-corrected chi connectivity index (χ1v) is 21.4. The van der Waals surface area contributed by atoms with E-state index in [4.69, 9.17) is 14.5 Å². The number of hydrogen-bond acceptors (Lipinski definition) is 9. The number of fused-ring (bicyclic) bond motifs is 3. The zero-order valence-corrected chi connectivity index (χ0v) is 34.4. The standard InChI is InChI=1S/C44H53N5O8S/c1-6-28-23-44(28,42(53)49(58(54)55)29-14-15-29)46-40(51)37-20-32(25-48(37)41(52)34(43(2,3)4)21-39(50)47-24-26-12-13-30(47)18-26)57-38-22-35(27-10-8-7-9-11-27)45-36-19-31(56-5)16-17-33(36)38/h6-11,16-17,19,22,26,28-30,32,34,37H,1,12-15,18,20-21,23-25H2,2-5H3,(H,46,51)(H,54,55)/p-1/t26?,28-,30?,32-,34-,37+,44-/m1/s1. The number of hydrogen-bond donors (Lipinski definition) is 1. The van der Waals surface area contributed by atoms with Crippen LogP contribution in [-0.4, -0.2) is 101 Å². The SMILES string of the molecule is C=C[C@@H]1C[C@]1(NC(=O)[C@@H]1C[C@@H](Oc2cc(-c3ccccc3)nc3cc(OC)ccc23)CN1C(=O)[C@@H](CC(=O)N1CC2CCC1C2)C(C)(C)C)C(=O)N(C1CC1)S(=O)[O-]. The fourth-order valence-corrected chi connectivity index (χ4v) is 10.1. The highest BCUT2D eigenvalue weighted by molar-refractivity contribution is 7.77. The predicted molar refractivity (Wildman–Crippen MR) is 217 cm³/mol. The molecule has 8 rings (SSSR count). The van der Waals surface area contributed by atoms with Crippen molar-refractivity contribution >= 4 is 45.8 Å². The van der Waals surface area contributed by atoms with Gasteiger partial charge in [0.2, 0.25) is 17.7 Å². The Bertz CT molecular complexity index is 2160. The van der Waals surface area contributed by atoms with E-state index in [0.29, 0.717) is 53.4 Å². The van der Waals surface area contributed by atoms with Gasteiger partial charge in [0.25, 0.3) is 5.91 Å². The number of nitrogens with one attached hydrogen (secondary N) is 1. The molecule has 2 bridgehead atoms. The molecule has 0 radical (unpaired) electrons. The third kappa shape index (κ3) is 7.60. The van der Waals surface area contributed by atoms with Gasteiger partial charge in [-0.2, -0.15) is 0 Å². The maximum atomic E-state index is 15.0. The number of methoxy groups -OCH3 is 1. The number of piperidine rings is 1. The summed E-state index contributed by atoms with van der Waals surface area (Å²) in [5.41, 5.74) is 0.0321. The van der Waals surface area contributed by atoms with Crippen LogP contribution in [0.3, 0.4) is 0 Å². The first kappa shape index (κ1) is 40.0. The second kappa shape index (κ2) is 15.4. The predicted octanol–water partition coefficient (Wildman–Crippen LogP) is 5.17. The maximum absolute atomic E-state index is 15.0. The number of likely N-dealkylation sites (tertiary alicyclic amines) is 2. The van der Waals surface area contributed by atoms with Crippen molar-refractivity contribution in [1.82, 2.24) is 24.4 Å². The monoisotopic (exact) mass is 810 g/mol. The molecule has 58 heavy (non-hydrogen) atoms. The molecule has 308 valence electrons. The second-order valence-corrected chi connectivity index (χ2v) is 18.7. The molecule has 3 saturated carbocycles. The molecule has 3 aromatic rings. The highest BCUT2D eigenvalue weighted by Gasteiger charge is 2.63. The van der Waals surface area contributed by atoms with E-state index in [1.165, 1.54) is 4.90 Å². The van der Waals surface area contributed by atoms with Crippen molar-refractivity contribution in [1.29, 1.82) is 0 Å². The van der Waals surface area contributed by atoms with E-state index in [-0.39, 0.29) is 43.7 Å². The number of rotatable bonds is 13. The molecule has 2 aliphatic heterocycles. The van der Waals surface area contributed by atoms with Crippen LogP contribution in [0.2, 0.25) is 0 Å². The van der Waals surface area contributed by atoms with E-state index in [9.17, 15) is 27.9 Å². The molecule has 1 N–H and O–H groups in total. The lowest BCUT2D eigenvalue weighted by Gasteiger charge is -2.37. The van der Waals surface area contributed by atoms with Crippen LogP contribution >= 0.6 is 0 Å². The van der Waals surface area contributed by atoms with E-state index in [0.717, 1.165) is 29.1 Å². The average molecular weight is 811 g/mol. The molecule has 2 aromatic carbocycles. The van der Waals surface area contributed by atoms with Gasteiger partial charge in [-0.1, -0.05) is 57.2 Å². The molecule has 3 aliphatic carbocycles. The van der Waals surface area contributed by atoms with Gasteiger partial charge in [0.05, 0.1) is 42.0 Å². The van der Waals surface area contributed by atoms with Crippen LogP contribution in [-0.2, 0) is 30.4 Å². The fourth-order valence-electron chi connectivity index (χ4n) is 9.38. The Labute approximate surface area is 341 Å². The summed E-state index contributed by atoms with van der Waals surface area (Å²) < 4.78 is 37.7. The number of amides is 4. The number of carbonyl (C=O) groups is 4. The third-order valence-electron chi connectivity index (χ3n) is 12.9. The minimum Gasteiger partial charge on any atom is -0.755 e. The van der Waals surface area contributed by atoms with E-state index in [2.05, 4.69) is 11.9 Å². The van der Waals surface area contributed by atoms with Gasteiger partial charge in [-0.3, -0.25) is 27.7 Å². The molecule has 5 fully saturated rings. The van der Waals surface area contributed by atoms with Crippen molar-refractivity contribution in [3.8, 4) is 22.8 Å². The Hall–Kier alpha value is -4.82. The Morgan fingerprint density at radius 2 is 1.81 bits per heavy atom. The molecule has 8 atom stereocenters. The molecule has 5 aliphatic rings. The number of benzene rings is 2. The molecule has 3 heterocycles. The molecule has 13 nitrogen and oxygen atoms in total. The Balaban J connectivity index is 1.12. The number of pyridine rings is 1. The van der Waals surface area contributed by atoms with Crippen LogP contribution in [0.1, 0.15) is 72.1 Å².